The number of fused-ring (bicyclic) bond motifs is 5. The summed E-state index contributed by atoms with van der Waals surface area (Å²) in [4.78, 5) is 62.7. The van der Waals surface area contributed by atoms with Crippen LogP contribution in [0.15, 0.2) is 59.3 Å². The van der Waals surface area contributed by atoms with Gasteiger partial charge in [0.15, 0.2) is 5.65 Å². The number of benzene rings is 1. The van der Waals surface area contributed by atoms with Crippen molar-refractivity contribution in [1.82, 2.24) is 34.9 Å². The first kappa shape index (κ1) is 38.5. The van der Waals surface area contributed by atoms with E-state index in [0.717, 1.165) is 55.0 Å². The van der Waals surface area contributed by atoms with Gasteiger partial charge in [-0.25, -0.2) is 18.2 Å². The zero-order valence-corrected chi connectivity index (χ0v) is 33.6. The van der Waals surface area contributed by atoms with E-state index in [-0.39, 0.29) is 25.5 Å². The lowest BCUT2D eigenvalue weighted by molar-refractivity contribution is -0.141. The Morgan fingerprint density at radius 1 is 0.983 bits per heavy atom. The molecule has 17 heteroatoms. The van der Waals surface area contributed by atoms with Gasteiger partial charge in [0.05, 0.1) is 23.0 Å². The van der Waals surface area contributed by atoms with E-state index >= 15 is 0 Å². The molecule has 0 bridgehead atoms. The summed E-state index contributed by atoms with van der Waals surface area (Å²) >= 11 is 1.54. The fourth-order valence-electron chi connectivity index (χ4n) is 8.60. The summed E-state index contributed by atoms with van der Waals surface area (Å²) in [7, 11) is -3.90. The van der Waals surface area contributed by atoms with E-state index in [1.165, 1.54) is 4.90 Å². The van der Waals surface area contributed by atoms with E-state index in [0.29, 0.717) is 49.3 Å². The number of thiophene rings is 1. The standard InChI is InChI=1S/C41H47N7O8S2/c49-37-34-20-28(55-35-21-33(25-18-19-57-24-25)42-36-30-13-8-9-14-31(30)45-48(35)36)23-47(34)38(50)32(43-40(52)56-27-11-6-7-12-27)15-5-3-1-2-4-10-26-22-41(26,44-37)39(51)46-58(53,54)29-16-17-29/h4,8-10,13-14,18-19,21,24,26-29,32,34H,1-3,5-7,11-12,15-17,20,22-23H2,(H,43,52)(H,44,49)(H,46,51)/b10-4-/t26-,28-,32+,34+,41-/m1/s1. The highest BCUT2D eigenvalue weighted by molar-refractivity contribution is 7.91. The van der Waals surface area contributed by atoms with Crippen LogP contribution in [0.3, 0.4) is 0 Å². The van der Waals surface area contributed by atoms with Crippen LogP contribution >= 0.6 is 11.3 Å². The number of carbonyl (C=O) groups excluding carboxylic acids is 4. The number of amides is 4. The van der Waals surface area contributed by atoms with Gasteiger partial charge in [0.2, 0.25) is 27.7 Å². The molecule has 3 aliphatic carbocycles. The van der Waals surface area contributed by atoms with Crippen LogP contribution in [0.1, 0.15) is 83.5 Å². The predicted molar refractivity (Wildman–Crippen MR) is 215 cm³/mol. The first-order valence-corrected chi connectivity index (χ1v) is 22.9. The highest BCUT2D eigenvalue weighted by atomic mass is 32.2. The molecule has 306 valence electrons. The molecule has 0 unspecified atom stereocenters. The largest absolute Gasteiger partial charge is 0.472 e. The second-order valence-electron chi connectivity index (χ2n) is 16.2. The van der Waals surface area contributed by atoms with Crippen LogP contribution in [0, 0.1) is 5.92 Å². The fourth-order valence-corrected chi connectivity index (χ4v) is 10.6. The molecule has 3 N–H and O–H groups in total. The minimum Gasteiger partial charge on any atom is -0.472 e. The van der Waals surface area contributed by atoms with E-state index in [2.05, 4.69) is 15.4 Å². The molecule has 5 atom stereocenters. The summed E-state index contributed by atoms with van der Waals surface area (Å²) in [6.07, 6.45) is 10.2. The number of ether oxygens (including phenoxy) is 2. The number of nitrogens with one attached hydrogen (secondary N) is 3. The van der Waals surface area contributed by atoms with Gasteiger partial charge >= 0.3 is 6.09 Å². The molecule has 1 aromatic carbocycles. The average molecular weight is 830 g/mol. The number of aromatic nitrogens is 3. The van der Waals surface area contributed by atoms with Crippen molar-refractivity contribution in [3.05, 3.63) is 59.3 Å². The molecule has 15 nitrogen and oxygen atoms in total. The number of hydrogen-bond acceptors (Lipinski definition) is 11. The molecule has 4 fully saturated rings. The molecule has 58 heavy (non-hydrogen) atoms. The van der Waals surface area contributed by atoms with Crippen LogP contribution in [-0.4, -0.2) is 93.4 Å². The zero-order valence-electron chi connectivity index (χ0n) is 32.0. The van der Waals surface area contributed by atoms with Gasteiger partial charge in [-0.15, -0.1) is 0 Å². The minimum atomic E-state index is -3.90. The third-order valence-corrected chi connectivity index (χ3v) is 14.6. The van der Waals surface area contributed by atoms with Gasteiger partial charge < -0.3 is 25.0 Å². The van der Waals surface area contributed by atoms with Crippen LogP contribution in [0.5, 0.6) is 5.88 Å². The van der Waals surface area contributed by atoms with E-state index in [4.69, 9.17) is 19.6 Å². The maximum absolute atomic E-state index is 14.7. The van der Waals surface area contributed by atoms with E-state index in [1.54, 1.807) is 21.9 Å². The van der Waals surface area contributed by atoms with Gasteiger partial charge in [-0.3, -0.25) is 19.1 Å². The molecule has 5 aliphatic rings. The summed E-state index contributed by atoms with van der Waals surface area (Å²) in [5.74, 6) is -1.92. The first-order chi connectivity index (χ1) is 28.1. The topological polar surface area (TPSA) is 190 Å². The Morgan fingerprint density at radius 3 is 2.59 bits per heavy atom. The van der Waals surface area contributed by atoms with Crippen molar-refractivity contribution in [3.63, 3.8) is 0 Å². The lowest BCUT2D eigenvalue weighted by atomic mass is 10.0. The van der Waals surface area contributed by atoms with E-state index < -0.39 is 68.7 Å². The van der Waals surface area contributed by atoms with E-state index in [9.17, 15) is 27.6 Å². The monoisotopic (exact) mass is 829 g/mol. The molecule has 0 spiro atoms. The van der Waals surface area contributed by atoms with Crippen LogP contribution in [0.2, 0.25) is 0 Å². The van der Waals surface area contributed by atoms with Gasteiger partial charge in [0.1, 0.15) is 29.8 Å². The van der Waals surface area contributed by atoms with Crippen molar-refractivity contribution < 1.29 is 37.1 Å². The van der Waals surface area contributed by atoms with Crippen LogP contribution in [0.25, 0.3) is 27.8 Å². The SMILES string of the molecule is O=C(N[C@H]1CCCCC/C=C\[C@@H]2C[C@@]2(C(=O)NS(=O)(=O)C2CC2)NC(=O)[C@@H]2C[C@@H](Oc3cc(-c4ccsc4)nc4c5ccccc5nn34)CN2C1=O)OC1CCCC1. The lowest BCUT2D eigenvalue weighted by Gasteiger charge is -2.30. The smallest absolute Gasteiger partial charge is 0.408 e. The molecule has 4 aromatic rings. The highest BCUT2D eigenvalue weighted by Crippen LogP contribution is 2.46. The normalized spacial score (nSPS) is 27.6. The predicted octanol–water partition coefficient (Wildman–Crippen LogP) is 5.00. The number of sulfonamides is 1. The summed E-state index contributed by atoms with van der Waals surface area (Å²) < 4.78 is 42.2. The van der Waals surface area contributed by atoms with Gasteiger partial charge in [-0.1, -0.05) is 37.1 Å². The number of carbonyl (C=O) groups is 4. The zero-order chi connectivity index (χ0) is 40.0. The highest BCUT2D eigenvalue weighted by Gasteiger charge is 2.62. The molecular formula is C41H47N7O8S2. The Hall–Kier alpha value is -5.03. The van der Waals surface area contributed by atoms with Gasteiger partial charge in [0, 0.05) is 34.7 Å². The third-order valence-electron chi connectivity index (χ3n) is 12.1. The molecule has 0 radical (unpaired) electrons. The lowest BCUT2D eigenvalue weighted by Crippen LogP contribution is -2.58. The molecule has 4 amide bonds. The fraction of sp³-hybridized carbons (Fsp3) is 0.512. The Morgan fingerprint density at radius 2 is 1.79 bits per heavy atom. The molecule has 2 aliphatic heterocycles. The van der Waals surface area contributed by atoms with Crippen molar-refractivity contribution >= 4 is 61.7 Å². The molecule has 1 saturated heterocycles. The quantitative estimate of drug-likeness (QED) is 0.204. The van der Waals surface area contributed by atoms with Crippen molar-refractivity contribution in [3.8, 4) is 17.1 Å². The Bertz CT molecular complexity index is 2370. The van der Waals surface area contributed by atoms with Gasteiger partial charge in [-0.2, -0.15) is 21.0 Å². The molecule has 5 heterocycles. The van der Waals surface area contributed by atoms with Crippen molar-refractivity contribution in [2.24, 2.45) is 5.92 Å². The second-order valence-corrected chi connectivity index (χ2v) is 19.0. The number of rotatable bonds is 8. The van der Waals surface area contributed by atoms with Crippen molar-refractivity contribution in [2.45, 2.75) is 119 Å². The molecule has 3 saturated carbocycles. The summed E-state index contributed by atoms with van der Waals surface area (Å²) in [5, 5.41) is 14.7. The second kappa shape index (κ2) is 15.6. The third kappa shape index (κ3) is 7.77. The minimum absolute atomic E-state index is 0.0102. The summed E-state index contributed by atoms with van der Waals surface area (Å²) in [6.45, 7) is -0.0102. The molecule has 9 rings (SSSR count). The van der Waals surface area contributed by atoms with Crippen molar-refractivity contribution in [2.75, 3.05) is 6.54 Å². The van der Waals surface area contributed by atoms with Crippen molar-refractivity contribution in [1.29, 1.82) is 0 Å². The first-order valence-electron chi connectivity index (χ1n) is 20.4. The van der Waals surface area contributed by atoms with Gasteiger partial charge in [0.25, 0.3) is 5.91 Å². The maximum Gasteiger partial charge on any atom is 0.408 e. The number of alkyl carbamates (subject to hydrolysis) is 1. The average Bonchev–Trinajstić information content (AvgIpc) is 3.81. The maximum atomic E-state index is 14.7. The number of allylic oxidation sites excluding steroid dienone is 1. The number of hydrogen-bond donors (Lipinski definition) is 3. The Labute approximate surface area is 340 Å². The Balaban J connectivity index is 1.04. The number of nitrogens with zero attached hydrogens (tertiary/aromatic N) is 4. The van der Waals surface area contributed by atoms with Crippen LogP contribution in [0.4, 0.5) is 4.79 Å². The summed E-state index contributed by atoms with van der Waals surface area (Å²) in [6, 6.07) is 9.31. The molecular weight excluding hydrogens is 783 g/mol. The van der Waals surface area contributed by atoms with Crippen LogP contribution in [-0.2, 0) is 29.1 Å². The molecule has 3 aromatic heterocycles. The Kier molecular flexibility index (Phi) is 10.4. The van der Waals surface area contributed by atoms with Crippen LogP contribution < -0.4 is 20.1 Å². The van der Waals surface area contributed by atoms with E-state index in [1.807, 2.05) is 53.2 Å². The van der Waals surface area contributed by atoms with Gasteiger partial charge in [-0.05, 0) is 87.8 Å². The summed E-state index contributed by atoms with van der Waals surface area (Å²) in [5.41, 5.74) is 1.36.